The second-order valence-electron chi connectivity index (χ2n) is 14.8. The third-order valence-corrected chi connectivity index (χ3v) is 12.5. The first-order chi connectivity index (χ1) is 28.9. The minimum absolute atomic E-state index is 0.0472. The summed E-state index contributed by atoms with van der Waals surface area (Å²) in [4.78, 5) is 32.7. The Morgan fingerprint density at radius 2 is 1.58 bits per heavy atom. The standard InChI is InChI=1S/C43H45F2N9O5S/c1-27-24-34(37(59-3)26-35(27)52-18-14-29(15-19-52)51-20-22-53(23-21-51)60(4,56)57)48-43-46-16-13-33(47-43)41-39(49-38-10-5-6-17-54(38)41)28-11-12-36(58-2)30(25-28)42(55)50-40-31(44)8-7-9-32(40)45/h5-13,16-17,24-26,29H,14-15,18-23H2,1-4H3,(H,50,55)(H,46,47,48). The number of anilines is 4. The first kappa shape index (κ1) is 40.6. The molecular weight excluding hydrogens is 793 g/mol. The van der Waals surface area contributed by atoms with Gasteiger partial charge >= 0.3 is 0 Å². The van der Waals surface area contributed by atoms with E-state index in [0.717, 1.165) is 62.4 Å². The molecule has 0 atom stereocenters. The quantitative estimate of drug-likeness (QED) is 0.146. The highest BCUT2D eigenvalue weighted by Gasteiger charge is 2.31. The van der Waals surface area contributed by atoms with Crippen LogP contribution >= 0.6 is 0 Å². The van der Waals surface area contributed by atoms with Gasteiger partial charge in [-0.25, -0.2) is 32.2 Å². The zero-order valence-corrected chi connectivity index (χ0v) is 34.5. The third kappa shape index (κ3) is 8.20. The summed E-state index contributed by atoms with van der Waals surface area (Å²) in [5.74, 6) is -1.44. The molecule has 6 aromatic rings. The molecule has 1 amide bonds. The number of hydrogen-bond acceptors (Lipinski definition) is 11. The first-order valence-corrected chi connectivity index (χ1v) is 21.4. The predicted molar refractivity (Wildman–Crippen MR) is 227 cm³/mol. The fourth-order valence-electron chi connectivity index (χ4n) is 8.10. The van der Waals surface area contributed by atoms with Gasteiger partial charge in [0.05, 0.1) is 48.8 Å². The van der Waals surface area contributed by atoms with E-state index >= 15 is 0 Å². The lowest BCUT2D eigenvalue weighted by Crippen LogP contribution is -2.54. The Bertz CT molecular complexity index is 2660. The summed E-state index contributed by atoms with van der Waals surface area (Å²) in [5.41, 5.74) is 5.10. The van der Waals surface area contributed by atoms with E-state index in [9.17, 15) is 22.0 Å². The number of benzene rings is 3. The summed E-state index contributed by atoms with van der Waals surface area (Å²) in [6.45, 7) is 6.35. The van der Waals surface area contributed by atoms with Crippen LogP contribution in [0.5, 0.6) is 11.5 Å². The van der Waals surface area contributed by atoms with Crippen molar-refractivity contribution in [2.75, 3.05) is 75.3 Å². The van der Waals surface area contributed by atoms with E-state index in [2.05, 4.69) is 32.3 Å². The van der Waals surface area contributed by atoms with Crippen molar-refractivity contribution in [2.24, 2.45) is 0 Å². The van der Waals surface area contributed by atoms with Crippen molar-refractivity contribution in [3.05, 3.63) is 108 Å². The number of piperazine rings is 1. The van der Waals surface area contributed by atoms with Crippen LogP contribution in [-0.2, 0) is 10.0 Å². The smallest absolute Gasteiger partial charge is 0.259 e. The van der Waals surface area contributed by atoms with Crippen molar-refractivity contribution >= 4 is 44.6 Å². The van der Waals surface area contributed by atoms with Crippen LogP contribution in [0.25, 0.3) is 28.3 Å². The number of aromatic nitrogens is 4. The minimum atomic E-state index is -3.17. The van der Waals surface area contributed by atoms with Gasteiger partial charge in [0.1, 0.15) is 34.5 Å². The number of rotatable bonds is 11. The molecule has 3 aromatic heterocycles. The number of halogens is 2. The molecule has 0 aliphatic carbocycles. The number of piperidine rings is 1. The van der Waals surface area contributed by atoms with Crippen molar-refractivity contribution in [1.82, 2.24) is 28.6 Å². The maximum atomic E-state index is 14.5. The highest BCUT2D eigenvalue weighted by atomic mass is 32.2. The molecular formula is C43H45F2N9O5S. The van der Waals surface area contributed by atoms with Crippen molar-refractivity contribution < 1.29 is 31.5 Å². The summed E-state index contributed by atoms with van der Waals surface area (Å²) >= 11 is 0. The lowest BCUT2D eigenvalue weighted by Gasteiger charge is -2.43. The molecule has 0 unspecified atom stereocenters. The van der Waals surface area contributed by atoms with E-state index in [1.54, 1.807) is 41.9 Å². The molecule has 0 bridgehead atoms. The van der Waals surface area contributed by atoms with Crippen molar-refractivity contribution in [1.29, 1.82) is 0 Å². The molecule has 0 saturated carbocycles. The Morgan fingerprint density at radius 1 is 0.850 bits per heavy atom. The number of methoxy groups -OCH3 is 2. The number of para-hydroxylation sites is 1. The summed E-state index contributed by atoms with van der Waals surface area (Å²) in [7, 11) is -0.137. The van der Waals surface area contributed by atoms with Crippen molar-refractivity contribution in [3.8, 4) is 34.1 Å². The average Bonchev–Trinajstić information content (AvgIpc) is 3.65. The number of sulfonamides is 1. The second kappa shape index (κ2) is 16.8. The zero-order valence-electron chi connectivity index (χ0n) is 33.7. The van der Waals surface area contributed by atoms with Crippen LogP contribution in [0.2, 0.25) is 0 Å². The monoisotopic (exact) mass is 837 g/mol. The minimum Gasteiger partial charge on any atom is -0.496 e. The SMILES string of the molecule is COc1cc(N2CCC(N3CCN(S(C)(=O)=O)CC3)CC2)c(C)cc1Nc1nccc(-c2c(-c3ccc(OC)c(C(=O)Nc4c(F)cccc4F)c3)nc3ccccn23)n1. The van der Waals surface area contributed by atoms with Crippen LogP contribution in [-0.4, -0.2) is 109 Å². The molecule has 3 aromatic carbocycles. The Balaban J connectivity index is 1.04. The van der Waals surface area contributed by atoms with Crippen LogP contribution < -0.4 is 25.0 Å². The second-order valence-corrected chi connectivity index (χ2v) is 16.8. The molecule has 0 spiro atoms. The van der Waals surface area contributed by atoms with E-state index in [4.69, 9.17) is 19.4 Å². The third-order valence-electron chi connectivity index (χ3n) is 11.2. The molecule has 17 heteroatoms. The summed E-state index contributed by atoms with van der Waals surface area (Å²) in [5, 5.41) is 5.71. The predicted octanol–water partition coefficient (Wildman–Crippen LogP) is 6.60. The summed E-state index contributed by atoms with van der Waals surface area (Å²) < 4.78 is 67.8. The number of pyridine rings is 1. The molecule has 14 nitrogen and oxygen atoms in total. The Hall–Kier alpha value is -6.17. The molecule has 5 heterocycles. The van der Waals surface area contributed by atoms with Crippen molar-refractivity contribution in [2.45, 2.75) is 25.8 Å². The number of carbonyl (C=O) groups is 1. The molecule has 60 heavy (non-hydrogen) atoms. The van der Waals surface area contributed by atoms with Gasteiger partial charge in [-0.2, -0.15) is 4.31 Å². The number of nitrogens with zero attached hydrogens (tertiary/aromatic N) is 7. The van der Waals surface area contributed by atoms with Gasteiger partial charge in [-0.1, -0.05) is 12.1 Å². The van der Waals surface area contributed by atoms with Crippen LogP contribution in [0.4, 0.5) is 31.8 Å². The molecule has 8 rings (SSSR count). The number of hydrogen-bond donors (Lipinski definition) is 2. The number of nitrogens with one attached hydrogen (secondary N) is 2. The van der Waals surface area contributed by atoms with Gasteiger partial charge in [-0.3, -0.25) is 14.1 Å². The van der Waals surface area contributed by atoms with Gasteiger partial charge in [0.25, 0.3) is 5.91 Å². The maximum absolute atomic E-state index is 14.5. The molecule has 0 radical (unpaired) electrons. The van der Waals surface area contributed by atoms with Crippen molar-refractivity contribution in [3.63, 3.8) is 0 Å². The van der Waals surface area contributed by atoms with Crippen LogP contribution in [0.15, 0.2) is 85.2 Å². The fourth-order valence-corrected chi connectivity index (χ4v) is 8.93. The molecule has 2 aliphatic heterocycles. The van der Waals surface area contributed by atoms with Gasteiger partial charge in [-0.15, -0.1) is 0 Å². The highest BCUT2D eigenvalue weighted by molar-refractivity contribution is 7.88. The molecule has 2 saturated heterocycles. The van der Waals surface area contributed by atoms with Crippen LogP contribution in [0.1, 0.15) is 28.8 Å². The average molecular weight is 838 g/mol. The number of aryl methyl sites for hydroxylation is 1. The molecule has 312 valence electrons. The Kier molecular flexibility index (Phi) is 11.4. The fraction of sp³-hybridized carbons (Fsp3) is 0.302. The van der Waals surface area contributed by atoms with Gasteiger partial charge in [0, 0.05) is 75.0 Å². The first-order valence-electron chi connectivity index (χ1n) is 19.6. The number of imidazole rings is 1. The van der Waals surface area contributed by atoms with Gasteiger partial charge in [0.15, 0.2) is 0 Å². The normalized spacial score (nSPS) is 15.6. The van der Waals surface area contributed by atoms with E-state index in [1.807, 2.05) is 40.9 Å². The van der Waals surface area contributed by atoms with Gasteiger partial charge in [-0.05, 0) is 79.9 Å². The van der Waals surface area contributed by atoms with Gasteiger partial charge < -0.3 is 25.0 Å². The number of amides is 1. The molecule has 2 aliphatic rings. The van der Waals surface area contributed by atoms with E-state index < -0.39 is 33.3 Å². The summed E-state index contributed by atoms with van der Waals surface area (Å²) in [6, 6.07) is 20.1. The zero-order chi connectivity index (χ0) is 42.1. The number of carbonyl (C=O) groups excluding carboxylic acids is 1. The van der Waals surface area contributed by atoms with E-state index in [-0.39, 0.29) is 11.3 Å². The molecule has 2 fully saturated rings. The van der Waals surface area contributed by atoms with Gasteiger partial charge in [0.2, 0.25) is 16.0 Å². The Labute approximate surface area is 346 Å². The molecule has 2 N–H and O–H groups in total. The number of fused-ring (bicyclic) bond motifs is 1. The van der Waals surface area contributed by atoms with E-state index in [0.29, 0.717) is 64.8 Å². The lowest BCUT2D eigenvalue weighted by atomic mass is 10.0. The highest BCUT2D eigenvalue weighted by Crippen LogP contribution is 2.38. The summed E-state index contributed by atoms with van der Waals surface area (Å²) in [6.07, 6.45) is 6.74. The van der Waals surface area contributed by atoms with Crippen LogP contribution in [0.3, 0.4) is 0 Å². The van der Waals surface area contributed by atoms with E-state index in [1.165, 1.54) is 19.4 Å². The Morgan fingerprint density at radius 3 is 2.28 bits per heavy atom. The van der Waals surface area contributed by atoms with Crippen LogP contribution in [0, 0.1) is 18.6 Å². The maximum Gasteiger partial charge on any atom is 0.259 e. The lowest BCUT2D eigenvalue weighted by molar-refractivity contribution is 0.102. The topological polar surface area (TPSA) is 147 Å². The number of ether oxygens (including phenoxy) is 2. The largest absolute Gasteiger partial charge is 0.496 e.